The smallest absolute Gasteiger partial charge is 0.316 e. The molecular weight excluding hydrogens is 200 g/mol. The van der Waals surface area contributed by atoms with Crippen LogP contribution in [-0.2, 0) is 23.9 Å². The van der Waals surface area contributed by atoms with E-state index in [2.05, 4.69) is 4.74 Å². The minimum atomic E-state index is -0.755. The standard InChI is InChI=1S/C10H14O5/c1-6(11)15-5-7-3-4-8(12)9(7)10(13)14-2/h7,9H,3-5H2,1-2H3/t7-,9-/m1/s1. The van der Waals surface area contributed by atoms with Crippen LogP contribution in [0.15, 0.2) is 0 Å². The first-order valence-corrected chi connectivity index (χ1v) is 4.80. The molecule has 1 fully saturated rings. The maximum Gasteiger partial charge on any atom is 0.316 e. The molecule has 2 atom stereocenters. The lowest BCUT2D eigenvalue weighted by atomic mass is 9.96. The molecule has 0 bridgehead atoms. The van der Waals surface area contributed by atoms with Gasteiger partial charge in [0.1, 0.15) is 11.7 Å². The molecule has 1 saturated carbocycles. The third-order valence-corrected chi connectivity index (χ3v) is 2.54. The van der Waals surface area contributed by atoms with Crippen LogP contribution >= 0.6 is 0 Å². The quantitative estimate of drug-likeness (QED) is 0.499. The van der Waals surface area contributed by atoms with E-state index in [1.54, 1.807) is 0 Å². The molecule has 0 heterocycles. The van der Waals surface area contributed by atoms with Gasteiger partial charge in [0.05, 0.1) is 13.7 Å². The third-order valence-electron chi connectivity index (χ3n) is 2.54. The van der Waals surface area contributed by atoms with Gasteiger partial charge in [-0.05, 0) is 6.42 Å². The highest BCUT2D eigenvalue weighted by atomic mass is 16.5. The Morgan fingerprint density at radius 1 is 1.47 bits per heavy atom. The van der Waals surface area contributed by atoms with E-state index in [0.29, 0.717) is 12.8 Å². The molecule has 84 valence electrons. The van der Waals surface area contributed by atoms with E-state index in [0.717, 1.165) is 0 Å². The van der Waals surface area contributed by atoms with Crippen LogP contribution in [0, 0.1) is 11.8 Å². The number of carbonyl (C=O) groups is 3. The number of rotatable bonds is 3. The highest BCUT2D eigenvalue weighted by molar-refractivity contribution is 6.00. The summed E-state index contributed by atoms with van der Waals surface area (Å²) in [6, 6.07) is 0. The van der Waals surface area contributed by atoms with Crippen LogP contribution in [0.5, 0.6) is 0 Å². The van der Waals surface area contributed by atoms with Crippen molar-refractivity contribution in [2.45, 2.75) is 19.8 Å². The van der Waals surface area contributed by atoms with Crippen molar-refractivity contribution < 1.29 is 23.9 Å². The largest absolute Gasteiger partial charge is 0.468 e. The van der Waals surface area contributed by atoms with Crippen molar-refractivity contribution in [3.63, 3.8) is 0 Å². The van der Waals surface area contributed by atoms with Crippen molar-refractivity contribution in [3.8, 4) is 0 Å². The van der Waals surface area contributed by atoms with Gasteiger partial charge in [0.25, 0.3) is 0 Å². The first-order chi connectivity index (χ1) is 7.06. The fourth-order valence-corrected chi connectivity index (χ4v) is 1.77. The summed E-state index contributed by atoms with van der Waals surface area (Å²) in [5, 5.41) is 0. The lowest BCUT2D eigenvalue weighted by molar-refractivity contribution is -0.153. The molecule has 1 aliphatic carbocycles. The van der Waals surface area contributed by atoms with Crippen molar-refractivity contribution in [1.29, 1.82) is 0 Å². The summed E-state index contributed by atoms with van der Waals surface area (Å²) in [4.78, 5) is 33.3. The van der Waals surface area contributed by atoms with E-state index in [1.807, 2.05) is 0 Å². The van der Waals surface area contributed by atoms with E-state index < -0.39 is 17.9 Å². The van der Waals surface area contributed by atoms with E-state index >= 15 is 0 Å². The van der Waals surface area contributed by atoms with E-state index in [4.69, 9.17) is 4.74 Å². The molecule has 1 rings (SSSR count). The molecule has 5 nitrogen and oxygen atoms in total. The van der Waals surface area contributed by atoms with Gasteiger partial charge >= 0.3 is 11.9 Å². The molecule has 0 N–H and O–H groups in total. The number of carbonyl (C=O) groups excluding carboxylic acids is 3. The number of methoxy groups -OCH3 is 1. The maximum absolute atomic E-state index is 11.4. The molecule has 0 aliphatic heterocycles. The van der Waals surface area contributed by atoms with Crippen LogP contribution in [0.25, 0.3) is 0 Å². The van der Waals surface area contributed by atoms with Gasteiger partial charge in [-0.3, -0.25) is 14.4 Å². The van der Waals surface area contributed by atoms with Crippen molar-refractivity contribution in [1.82, 2.24) is 0 Å². The topological polar surface area (TPSA) is 69.7 Å². The minimum absolute atomic E-state index is 0.112. The molecule has 0 aromatic carbocycles. The van der Waals surface area contributed by atoms with Crippen LogP contribution < -0.4 is 0 Å². The van der Waals surface area contributed by atoms with Crippen molar-refractivity contribution in [2.75, 3.05) is 13.7 Å². The molecule has 0 aromatic heterocycles. The molecule has 0 unspecified atom stereocenters. The zero-order valence-corrected chi connectivity index (χ0v) is 8.82. The van der Waals surface area contributed by atoms with Crippen LogP contribution in [0.4, 0.5) is 0 Å². The molecule has 0 spiro atoms. The van der Waals surface area contributed by atoms with Crippen LogP contribution in [-0.4, -0.2) is 31.4 Å². The number of esters is 2. The average molecular weight is 214 g/mol. The number of ketones is 1. The van der Waals surface area contributed by atoms with Gasteiger partial charge in [-0.2, -0.15) is 0 Å². The fraction of sp³-hybridized carbons (Fsp3) is 0.700. The lowest BCUT2D eigenvalue weighted by Gasteiger charge is -2.15. The van der Waals surface area contributed by atoms with Gasteiger partial charge in [0, 0.05) is 19.3 Å². The number of hydrogen-bond donors (Lipinski definition) is 0. The van der Waals surface area contributed by atoms with Gasteiger partial charge in [-0.1, -0.05) is 0 Å². The second-order valence-electron chi connectivity index (χ2n) is 3.57. The minimum Gasteiger partial charge on any atom is -0.468 e. The second kappa shape index (κ2) is 4.91. The highest BCUT2D eigenvalue weighted by Gasteiger charge is 2.41. The number of ether oxygens (including phenoxy) is 2. The first-order valence-electron chi connectivity index (χ1n) is 4.80. The van der Waals surface area contributed by atoms with E-state index in [9.17, 15) is 14.4 Å². The summed E-state index contributed by atoms with van der Waals surface area (Å²) in [6.45, 7) is 1.41. The summed E-state index contributed by atoms with van der Waals surface area (Å²) < 4.78 is 9.34. The van der Waals surface area contributed by atoms with Gasteiger partial charge < -0.3 is 9.47 Å². The SMILES string of the molecule is COC(=O)[C@H]1C(=O)CC[C@@H]1COC(C)=O. The molecule has 1 aliphatic rings. The van der Waals surface area contributed by atoms with E-state index in [1.165, 1.54) is 14.0 Å². The Labute approximate surface area is 87.7 Å². The maximum atomic E-state index is 11.4. The molecule has 5 heteroatoms. The summed E-state index contributed by atoms with van der Waals surface area (Å²) in [7, 11) is 1.25. The Morgan fingerprint density at radius 2 is 2.13 bits per heavy atom. The van der Waals surface area contributed by atoms with Crippen LogP contribution in [0.3, 0.4) is 0 Å². The fourth-order valence-electron chi connectivity index (χ4n) is 1.77. The average Bonchev–Trinajstić information content (AvgIpc) is 2.55. The van der Waals surface area contributed by atoms with Gasteiger partial charge in [-0.15, -0.1) is 0 Å². The van der Waals surface area contributed by atoms with Gasteiger partial charge in [-0.25, -0.2) is 0 Å². The van der Waals surface area contributed by atoms with Crippen LogP contribution in [0.1, 0.15) is 19.8 Å². The lowest BCUT2D eigenvalue weighted by Crippen LogP contribution is -2.29. The van der Waals surface area contributed by atoms with Gasteiger partial charge in [0.2, 0.25) is 0 Å². The van der Waals surface area contributed by atoms with Gasteiger partial charge in [0.15, 0.2) is 0 Å². The van der Waals surface area contributed by atoms with Crippen molar-refractivity contribution in [3.05, 3.63) is 0 Å². The van der Waals surface area contributed by atoms with Crippen molar-refractivity contribution >= 4 is 17.7 Å². The number of hydrogen-bond acceptors (Lipinski definition) is 5. The normalized spacial score (nSPS) is 25.1. The molecule has 0 aromatic rings. The molecule has 15 heavy (non-hydrogen) atoms. The Morgan fingerprint density at radius 3 is 2.67 bits per heavy atom. The molecule has 0 amide bonds. The molecule has 0 saturated heterocycles. The summed E-state index contributed by atoms with van der Waals surface area (Å²) in [5.41, 5.74) is 0. The van der Waals surface area contributed by atoms with E-state index in [-0.39, 0.29) is 18.3 Å². The number of Topliss-reactive ketones (excluding diaryl/α,β-unsaturated/α-hetero) is 1. The monoisotopic (exact) mass is 214 g/mol. The molecule has 0 radical (unpaired) electrons. The zero-order chi connectivity index (χ0) is 11.4. The Bertz CT molecular complexity index is 284. The highest BCUT2D eigenvalue weighted by Crippen LogP contribution is 2.29. The summed E-state index contributed by atoms with van der Waals surface area (Å²) in [6.07, 6.45) is 0.928. The Hall–Kier alpha value is -1.39. The summed E-state index contributed by atoms with van der Waals surface area (Å²) in [5.74, 6) is -2.05. The summed E-state index contributed by atoms with van der Waals surface area (Å²) >= 11 is 0. The molecular formula is C10H14O5. The van der Waals surface area contributed by atoms with Crippen LogP contribution in [0.2, 0.25) is 0 Å². The first kappa shape index (κ1) is 11.7. The zero-order valence-electron chi connectivity index (χ0n) is 8.82. The predicted molar refractivity (Wildman–Crippen MR) is 49.9 cm³/mol. The van der Waals surface area contributed by atoms with Crippen molar-refractivity contribution in [2.24, 2.45) is 11.8 Å². The Balaban J connectivity index is 2.59. The Kier molecular flexibility index (Phi) is 3.82. The third kappa shape index (κ3) is 2.78. The second-order valence-corrected chi connectivity index (χ2v) is 3.57. The predicted octanol–water partition coefficient (Wildman–Crippen LogP) is 0.318.